The Morgan fingerprint density at radius 2 is 1.63 bits per heavy atom. The Hall–Kier alpha value is -1.44. The van der Waals surface area contributed by atoms with Crippen LogP contribution in [0.3, 0.4) is 0 Å². The molecule has 0 radical (unpaired) electrons. The van der Waals surface area contributed by atoms with Gasteiger partial charge in [-0.1, -0.05) is 0 Å². The van der Waals surface area contributed by atoms with E-state index in [1.807, 2.05) is 5.32 Å². The largest absolute Gasteiger partial charge is 0.497 e. The van der Waals surface area contributed by atoms with Crippen molar-refractivity contribution in [1.29, 1.82) is 0 Å². The monoisotopic (exact) mass is 287 g/mol. The number of halogens is 6. The Morgan fingerprint density at radius 1 is 1.16 bits per heavy atom. The van der Waals surface area contributed by atoms with Crippen LogP contribution in [0.25, 0.3) is 0 Å². The Labute approximate surface area is 105 Å². The minimum atomic E-state index is -4.62. The lowest BCUT2D eigenvalue weighted by molar-refractivity contribution is -0.151. The van der Waals surface area contributed by atoms with Crippen LogP contribution < -0.4 is 10.1 Å². The summed E-state index contributed by atoms with van der Waals surface area (Å²) in [7, 11) is 2.03. The van der Waals surface area contributed by atoms with Crippen LogP contribution in [0.2, 0.25) is 0 Å². The quantitative estimate of drug-likeness (QED) is 0.840. The molecule has 0 aliphatic carbocycles. The fourth-order valence-corrected chi connectivity index (χ4v) is 1.61. The van der Waals surface area contributed by atoms with Gasteiger partial charge in [-0.2, -0.15) is 8.78 Å². The van der Waals surface area contributed by atoms with Gasteiger partial charge in [0.15, 0.2) is 0 Å². The number of ether oxygens (including phenoxy) is 1. The lowest BCUT2D eigenvalue weighted by atomic mass is 9.99. The molecule has 0 fully saturated rings. The van der Waals surface area contributed by atoms with Crippen molar-refractivity contribution >= 4 is 0 Å². The molecule has 1 atom stereocenters. The summed E-state index contributed by atoms with van der Waals surface area (Å²) in [6, 6.07) is -1.20. The van der Waals surface area contributed by atoms with E-state index in [4.69, 9.17) is 0 Å². The summed E-state index contributed by atoms with van der Waals surface area (Å²) in [5.41, 5.74) is -1.16. The molecule has 1 unspecified atom stereocenters. The van der Waals surface area contributed by atoms with Crippen LogP contribution in [0.5, 0.6) is 5.75 Å². The average molecular weight is 287 g/mol. The van der Waals surface area contributed by atoms with E-state index < -0.39 is 35.6 Å². The molecule has 0 bridgehead atoms. The molecule has 108 valence electrons. The third-order valence-electron chi connectivity index (χ3n) is 2.54. The van der Waals surface area contributed by atoms with Gasteiger partial charge in [0.1, 0.15) is 23.4 Å². The van der Waals surface area contributed by atoms with Crippen molar-refractivity contribution in [2.24, 2.45) is 0 Å². The van der Waals surface area contributed by atoms with Crippen LogP contribution >= 0.6 is 0 Å². The number of hydrogen-bond acceptors (Lipinski definition) is 2. The second kappa shape index (κ2) is 5.68. The molecule has 0 saturated heterocycles. The maximum absolute atomic E-state index is 13.6. The highest BCUT2D eigenvalue weighted by atomic mass is 19.3. The summed E-state index contributed by atoms with van der Waals surface area (Å²) < 4.78 is 82.8. The second-order valence-corrected chi connectivity index (χ2v) is 3.70. The van der Waals surface area contributed by atoms with Gasteiger partial charge in [-0.15, -0.1) is 0 Å². The van der Waals surface area contributed by atoms with Gasteiger partial charge in [0.05, 0.1) is 7.11 Å². The molecular weight excluding hydrogens is 276 g/mol. The summed E-state index contributed by atoms with van der Waals surface area (Å²) in [6.07, 6.45) is -4.06. The summed E-state index contributed by atoms with van der Waals surface area (Å²) >= 11 is 0. The van der Waals surface area contributed by atoms with Crippen molar-refractivity contribution in [3.63, 3.8) is 0 Å². The van der Waals surface area contributed by atoms with Crippen molar-refractivity contribution in [2.45, 2.75) is 18.4 Å². The number of methoxy groups -OCH3 is 1. The van der Waals surface area contributed by atoms with Crippen molar-refractivity contribution in [3.05, 3.63) is 29.3 Å². The molecule has 2 nitrogen and oxygen atoms in total. The first-order chi connectivity index (χ1) is 8.75. The molecule has 1 N–H and O–H groups in total. The lowest BCUT2D eigenvalue weighted by Crippen LogP contribution is -2.42. The molecule has 19 heavy (non-hydrogen) atoms. The minimum absolute atomic E-state index is 0.242. The van der Waals surface area contributed by atoms with E-state index in [1.54, 1.807) is 0 Å². The van der Waals surface area contributed by atoms with E-state index in [9.17, 15) is 26.3 Å². The molecule has 1 aromatic carbocycles. The van der Waals surface area contributed by atoms with Crippen molar-refractivity contribution in [2.75, 3.05) is 14.2 Å². The van der Waals surface area contributed by atoms with Gasteiger partial charge < -0.3 is 10.1 Å². The van der Waals surface area contributed by atoms with Crippen molar-refractivity contribution in [3.8, 4) is 5.75 Å². The summed E-state index contributed by atoms with van der Waals surface area (Å²) in [5.74, 6) is -7.65. The number of nitrogens with one attached hydrogen (secondary N) is 1. The van der Waals surface area contributed by atoms with Crippen LogP contribution in [0.4, 0.5) is 26.3 Å². The molecular formula is C11H11F6NO. The number of hydrogen-bond donors (Lipinski definition) is 1. The molecule has 1 aromatic rings. The SMILES string of the molecule is CNC(c1c(F)cc(OC)cc1F)C(F)(F)C(F)F. The summed E-state index contributed by atoms with van der Waals surface area (Å²) in [5, 5.41) is 1.81. The first kappa shape index (κ1) is 15.6. The second-order valence-electron chi connectivity index (χ2n) is 3.70. The van der Waals surface area contributed by atoms with Gasteiger partial charge in [0.25, 0.3) is 0 Å². The standard InChI is InChI=1S/C11H11F6NO/c1-18-9(11(16,17)10(14)15)8-6(12)3-5(19-2)4-7(8)13/h3-4,9-10,18H,1-2H3. The van der Waals surface area contributed by atoms with Gasteiger partial charge in [0, 0.05) is 17.7 Å². The number of rotatable bonds is 5. The predicted octanol–water partition coefficient (Wildman–Crippen LogP) is 3.13. The van der Waals surface area contributed by atoms with Gasteiger partial charge >= 0.3 is 12.3 Å². The van der Waals surface area contributed by atoms with Gasteiger partial charge in [-0.05, 0) is 7.05 Å². The number of alkyl halides is 4. The molecule has 0 heterocycles. The molecule has 8 heteroatoms. The highest BCUT2D eigenvalue weighted by Crippen LogP contribution is 2.39. The van der Waals surface area contributed by atoms with Gasteiger partial charge in [-0.25, -0.2) is 17.6 Å². The maximum atomic E-state index is 13.6. The van der Waals surface area contributed by atoms with E-state index in [-0.39, 0.29) is 5.75 Å². The molecule has 0 aliphatic rings. The molecule has 0 amide bonds. The van der Waals surface area contributed by atoms with Gasteiger partial charge in [0.2, 0.25) is 0 Å². The maximum Gasteiger partial charge on any atom is 0.326 e. The summed E-state index contributed by atoms with van der Waals surface area (Å²) in [4.78, 5) is 0. The molecule has 1 rings (SSSR count). The van der Waals surface area contributed by atoms with E-state index in [0.717, 1.165) is 14.2 Å². The van der Waals surface area contributed by atoms with Crippen LogP contribution in [-0.4, -0.2) is 26.5 Å². The zero-order valence-corrected chi connectivity index (χ0v) is 9.99. The van der Waals surface area contributed by atoms with Crippen molar-refractivity contribution < 1.29 is 31.1 Å². The van der Waals surface area contributed by atoms with Gasteiger partial charge in [-0.3, -0.25) is 0 Å². The Kier molecular flexibility index (Phi) is 4.67. The van der Waals surface area contributed by atoms with Crippen LogP contribution in [0, 0.1) is 11.6 Å². The van der Waals surface area contributed by atoms with E-state index in [0.29, 0.717) is 12.1 Å². The van der Waals surface area contributed by atoms with E-state index >= 15 is 0 Å². The smallest absolute Gasteiger partial charge is 0.326 e. The predicted molar refractivity (Wildman–Crippen MR) is 55.7 cm³/mol. The molecule has 0 aromatic heterocycles. The third kappa shape index (κ3) is 2.94. The van der Waals surface area contributed by atoms with E-state index in [1.165, 1.54) is 0 Å². The average Bonchev–Trinajstić information content (AvgIpc) is 2.32. The topological polar surface area (TPSA) is 21.3 Å². The number of benzene rings is 1. The fraction of sp³-hybridized carbons (Fsp3) is 0.455. The normalized spacial score (nSPS) is 13.7. The van der Waals surface area contributed by atoms with Crippen LogP contribution in [0.15, 0.2) is 12.1 Å². The highest BCUT2D eigenvalue weighted by Gasteiger charge is 2.50. The molecule has 0 saturated carbocycles. The first-order valence-electron chi connectivity index (χ1n) is 5.11. The van der Waals surface area contributed by atoms with E-state index in [2.05, 4.69) is 4.74 Å². The third-order valence-corrected chi connectivity index (χ3v) is 2.54. The zero-order chi connectivity index (χ0) is 14.8. The highest BCUT2D eigenvalue weighted by molar-refractivity contribution is 5.33. The zero-order valence-electron chi connectivity index (χ0n) is 9.99. The molecule has 0 aliphatic heterocycles. The lowest BCUT2D eigenvalue weighted by Gasteiger charge is -2.26. The van der Waals surface area contributed by atoms with Crippen molar-refractivity contribution in [1.82, 2.24) is 5.32 Å². The van der Waals surface area contributed by atoms with Crippen LogP contribution in [0.1, 0.15) is 11.6 Å². The Balaban J connectivity index is 3.34. The summed E-state index contributed by atoms with van der Waals surface area (Å²) in [6.45, 7) is 0. The fourth-order valence-electron chi connectivity index (χ4n) is 1.61. The Morgan fingerprint density at radius 3 is 1.95 bits per heavy atom. The Bertz CT molecular complexity index is 428. The first-order valence-corrected chi connectivity index (χ1v) is 5.11. The molecule has 0 spiro atoms. The van der Waals surface area contributed by atoms with Crippen LogP contribution in [-0.2, 0) is 0 Å². The minimum Gasteiger partial charge on any atom is -0.497 e.